The Labute approximate surface area is 166 Å². The second-order valence-corrected chi connectivity index (χ2v) is 7.23. The van der Waals surface area contributed by atoms with Crippen molar-refractivity contribution in [2.45, 2.75) is 51.0 Å². The van der Waals surface area contributed by atoms with Crippen LogP contribution in [0.1, 0.15) is 50.6 Å². The van der Waals surface area contributed by atoms with Crippen LogP contribution in [0.2, 0.25) is 0 Å². The van der Waals surface area contributed by atoms with Crippen molar-refractivity contribution in [1.29, 1.82) is 0 Å². The number of aromatic nitrogens is 2. The molecule has 3 aromatic rings. The van der Waals surface area contributed by atoms with E-state index in [0.717, 1.165) is 47.2 Å². The molecule has 1 fully saturated rings. The van der Waals surface area contributed by atoms with Gasteiger partial charge in [-0.2, -0.15) is 0 Å². The van der Waals surface area contributed by atoms with Gasteiger partial charge in [0.15, 0.2) is 11.5 Å². The predicted molar refractivity (Wildman–Crippen MR) is 112 cm³/mol. The lowest BCUT2D eigenvalue weighted by Crippen LogP contribution is -2.19. The highest BCUT2D eigenvalue weighted by Gasteiger charge is 2.28. The third kappa shape index (κ3) is 3.99. The molecule has 4 rings (SSSR count). The lowest BCUT2D eigenvalue weighted by Gasteiger charge is -2.12. The Morgan fingerprint density at radius 1 is 1.26 bits per heavy atom. The Bertz CT molecular complexity index is 921. The largest absolute Gasteiger partial charge is 0.493 e. The molecule has 1 saturated carbocycles. The summed E-state index contributed by atoms with van der Waals surface area (Å²) in [6.07, 6.45) is 7.29. The summed E-state index contributed by atoms with van der Waals surface area (Å²) >= 11 is 0. The standard InChI is InChI=1S/C21H27N3O2.ClH/c1-3-14(22)5-4-10-26-19-12-17-15(11-18(19)25-2)20-16(24-17)8-9-23-21(20)13-6-7-13;/h8-9,11-14,24H,3-7,10,22H2,1-2H3;1H. The SMILES string of the molecule is CCC(N)CCCOc1cc2[nH]c3ccnc(C4CC4)c3c2cc1OC.Cl. The molecule has 146 valence electrons. The number of pyridine rings is 1. The molecular formula is C21H28ClN3O2. The smallest absolute Gasteiger partial charge is 0.163 e. The van der Waals surface area contributed by atoms with Crippen molar-refractivity contribution in [3.8, 4) is 11.5 Å². The first-order valence-electron chi connectivity index (χ1n) is 9.58. The molecule has 3 N–H and O–H groups in total. The van der Waals surface area contributed by atoms with E-state index in [0.29, 0.717) is 12.5 Å². The summed E-state index contributed by atoms with van der Waals surface area (Å²) in [5.74, 6) is 2.14. The van der Waals surface area contributed by atoms with Crippen LogP contribution in [0.15, 0.2) is 24.4 Å². The first-order chi connectivity index (χ1) is 12.7. The van der Waals surface area contributed by atoms with Gasteiger partial charge in [-0.25, -0.2) is 0 Å². The molecule has 0 saturated heterocycles. The van der Waals surface area contributed by atoms with Crippen molar-refractivity contribution in [3.05, 3.63) is 30.1 Å². The van der Waals surface area contributed by atoms with Gasteiger partial charge in [0.2, 0.25) is 0 Å². The normalized spacial score (nSPS) is 14.9. The quantitative estimate of drug-likeness (QED) is 0.536. The zero-order valence-electron chi connectivity index (χ0n) is 16.0. The molecule has 0 amide bonds. The predicted octanol–water partition coefficient (Wildman–Crippen LogP) is 4.92. The zero-order chi connectivity index (χ0) is 18.1. The maximum Gasteiger partial charge on any atom is 0.163 e. The lowest BCUT2D eigenvalue weighted by atomic mass is 10.1. The molecule has 5 nitrogen and oxygen atoms in total. The van der Waals surface area contributed by atoms with Crippen LogP contribution in [0, 0.1) is 0 Å². The Hall–Kier alpha value is -1.98. The number of H-pyrrole nitrogens is 1. The molecule has 0 spiro atoms. The van der Waals surface area contributed by atoms with Gasteiger partial charge in [0.1, 0.15) is 0 Å². The number of hydrogen-bond donors (Lipinski definition) is 2. The van der Waals surface area contributed by atoms with Crippen LogP contribution in [0.3, 0.4) is 0 Å². The van der Waals surface area contributed by atoms with Gasteiger partial charge in [-0.1, -0.05) is 6.92 Å². The summed E-state index contributed by atoms with van der Waals surface area (Å²) in [7, 11) is 1.69. The van der Waals surface area contributed by atoms with Crippen LogP contribution in [-0.4, -0.2) is 29.7 Å². The van der Waals surface area contributed by atoms with Gasteiger partial charge in [0, 0.05) is 40.5 Å². The summed E-state index contributed by atoms with van der Waals surface area (Å²) < 4.78 is 11.6. The topological polar surface area (TPSA) is 73.2 Å². The van der Waals surface area contributed by atoms with Crippen molar-refractivity contribution < 1.29 is 9.47 Å². The average molecular weight is 390 g/mol. The van der Waals surface area contributed by atoms with E-state index in [-0.39, 0.29) is 18.4 Å². The van der Waals surface area contributed by atoms with E-state index in [1.165, 1.54) is 23.9 Å². The summed E-state index contributed by atoms with van der Waals surface area (Å²) in [5, 5.41) is 2.39. The van der Waals surface area contributed by atoms with Gasteiger partial charge in [0.25, 0.3) is 0 Å². The molecule has 1 aliphatic rings. The van der Waals surface area contributed by atoms with Crippen molar-refractivity contribution in [1.82, 2.24) is 9.97 Å². The molecule has 27 heavy (non-hydrogen) atoms. The van der Waals surface area contributed by atoms with Crippen LogP contribution in [0.25, 0.3) is 21.8 Å². The van der Waals surface area contributed by atoms with Gasteiger partial charge in [-0.15, -0.1) is 12.4 Å². The number of aromatic amines is 1. The molecule has 1 aromatic carbocycles. The molecule has 1 unspecified atom stereocenters. The fourth-order valence-electron chi connectivity index (χ4n) is 3.55. The van der Waals surface area contributed by atoms with Crippen molar-refractivity contribution in [2.75, 3.05) is 13.7 Å². The van der Waals surface area contributed by atoms with Gasteiger partial charge in [0.05, 0.1) is 24.9 Å². The number of methoxy groups -OCH3 is 1. The van der Waals surface area contributed by atoms with E-state index in [4.69, 9.17) is 15.2 Å². The Morgan fingerprint density at radius 2 is 2.07 bits per heavy atom. The van der Waals surface area contributed by atoms with Gasteiger partial charge < -0.3 is 20.2 Å². The average Bonchev–Trinajstić information content (AvgIpc) is 3.44. The van der Waals surface area contributed by atoms with Crippen molar-refractivity contribution in [2.24, 2.45) is 5.73 Å². The Balaban J connectivity index is 0.00000210. The number of fused-ring (bicyclic) bond motifs is 3. The van der Waals surface area contributed by atoms with Crippen molar-refractivity contribution >= 4 is 34.2 Å². The molecule has 0 aliphatic heterocycles. The highest BCUT2D eigenvalue weighted by Crippen LogP contribution is 2.45. The van der Waals surface area contributed by atoms with E-state index in [1.807, 2.05) is 18.3 Å². The Kier molecular flexibility index (Phi) is 6.12. The van der Waals surface area contributed by atoms with E-state index in [1.54, 1.807) is 7.11 Å². The number of nitrogens with one attached hydrogen (secondary N) is 1. The minimum Gasteiger partial charge on any atom is -0.493 e. The van der Waals surface area contributed by atoms with E-state index in [9.17, 15) is 0 Å². The minimum atomic E-state index is 0. The number of ether oxygens (including phenoxy) is 2. The maximum absolute atomic E-state index is 6.00. The summed E-state index contributed by atoms with van der Waals surface area (Å²) in [4.78, 5) is 8.17. The van der Waals surface area contributed by atoms with Crippen molar-refractivity contribution in [3.63, 3.8) is 0 Å². The first kappa shape index (κ1) is 19.8. The molecular weight excluding hydrogens is 362 g/mol. The highest BCUT2D eigenvalue weighted by molar-refractivity contribution is 6.09. The second-order valence-electron chi connectivity index (χ2n) is 7.23. The zero-order valence-corrected chi connectivity index (χ0v) is 16.8. The fraction of sp³-hybridized carbons (Fsp3) is 0.476. The number of nitrogens with zero attached hydrogens (tertiary/aromatic N) is 1. The number of benzene rings is 1. The van der Waals surface area contributed by atoms with Gasteiger partial charge >= 0.3 is 0 Å². The number of hydrogen-bond acceptors (Lipinski definition) is 4. The van der Waals surface area contributed by atoms with E-state index >= 15 is 0 Å². The third-order valence-corrected chi connectivity index (χ3v) is 5.29. The van der Waals surface area contributed by atoms with Gasteiger partial charge in [-0.05, 0) is 44.2 Å². The van der Waals surface area contributed by atoms with E-state index in [2.05, 4.69) is 23.0 Å². The number of halogens is 1. The summed E-state index contributed by atoms with van der Waals surface area (Å²) in [5.41, 5.74) is 9.38. The summed E-state index contributed by atoms with van der Waals surface area (Å²) in [6.45, 7) is 2.76. The Morgan fingerprint density at radius 3 is 2.78 bits per heavy atom. The molecule has 0 radical (unpaired) electrons. The summed E-state index contributed by atoms with van der Waals surface area (Å²) in [6, 6.07) is 6.42. The number of rotatable bonds is 8. The van der Waals surface area contributed by atoms with Crippen LogP contribution in [0.5, 0.6) is 11.5 Å². The van der Waals surface area contributed by atoms with Crippen LogP contribution in [0.4, 0.5) is 0 Å². The molecule has 6 heteroatoms. The fourth-order valence-corrected chi connectivity index (χ4v) is 3.55. The van der Waals surface area contributed by atoms with Crippen LogP contribution in [-0.2, 0) is 0 Å². The minimum absolute atomic E-state index is 0. The molecule has 2 aromatic heterocycles. The monoisotopic (exact) mass is 389 g/mol. The molecule has 2 heterocycles. The maximum atomic E-state index is 6.00. The molecule has 1 atom stereocenters. The number of nitrogens with two attached hydrogens (primary N) is 1. The van der Waals surface area contributed by atoms with Crippen LogP contribution < -0.4 is 15.2 Å². The van der Waals surface area contributed by atoms with Gasteiger partial charge in [-0.3, -0.25) is 4.98 Å². The highest BCUT2D eigenvalue weighted by atomic mass is 35.5. The lowest BCUT2D eigenvalue weighted by molar-refractivity contribution is 0.282. The molecule has 1 aliphatic carbocycles. The van der Waals surface area contributed by atoms with Crippen LogP contribution >= 0.6 is 12.4 Å². The second kappa shape index (κ2) is 8.36. The first-order valence-corrected chi connectivity index (χ1v) is 9.58. The van der Waals surface area contributed by atoms with E-state index < -0.39 is 0 Å². The molecule has 0 bridgehead atoms. The third-order valence-electron chi connectivity index (χ3n) is 5.29.